The van der Waals surface area contributed by atoms with Gasteiger partial charge in [-0.15, -0.1) is 0 Å². The lowest BCUT2D eigenvalue weighted by atomic mass is 10.1. The zero-order valence-electron chi connectivity index (χ0n) is 13.1. The Morgan fingerprint density at radius 2 is 1.88 bits per heavy atom. The van der Waals surface area contributed by atoms with Crippen LogP contribution in [0.15, 0.2) is 66.9 Å². The molecule has 3 aromatic rings. The maximum Gasteiger partial charge on any atom is 0.248 e. The van der Waals surface area contributed by atoms with Gasteiger partial charge in [-0.1, -0.05) is 36.4 Å². The molecule has 1 aromatic heterocycles. The minimum Gasteiger partial charge on any atom is -0.346 e. The van der Waals surface area contributed by atoms with Gasteiger partial charge in [-0.3, -0.25) is 4.79 Å². The Kier molecular flexibility index (Phi) is 4.73. The van der Waals surface area contributed by atoms with Crippen molar-refractivity contribution in [2.75, 3.05) is 5.32 Å². The summed E-state index contributed by atoms with van der Waals surface area (Å²) in [6, 6.07) is 19.5. The largest absolute Gasteiger partial charge is 0.346 e. The van der Waals surface area contributed by atoms with Gasteiger partial charge in [-0.05, 0) is 24.3 Å². The van der Waals surface area contributed by atoms with Gasteiger partial charge in [0.15, 0.2) is 0 Å². The summed E-state index contributed by atoms with van der Waals surface area (Å²) in [6.45, 7) is 0.640. The van der Waals surface area contributed by atoms with Crippen molar-refractivity contribution in [2.45, 2.75) is 13.0 Å². The summed E-state index contributed by atoms with van der Waals surface area (Å²) < 4.78 is 2.05. The van der Waals surface area contributed by atoms with E-state index >= 15 is 0 Å². The molecule has 0 aliphatic rings. The van der Waals surface area contributed by atoms with Gasteiger partial charge < -0.3 is 9.88 Å². The van der Waals surface area contributed by atoms with Crippen LogP contribution in [0.1, 0.15) is 12.0 Å². The van der Waals surface area contributed by atoms with Crippen LogP contribution in [-0.4, -0.2) is 10.5 Å². The van der Waals surface area contributed by atoms with Gasteiger partial charge in [0, 0.05) is 41.0 Å². The molecule has 1 amide bonds. The van der Waals surface area contributed by atoms with Crippen molar-refractivity contribution >= 4 is 28.6 Å². The Hall–Kier alpha value is -3.32. The first-order valence-corrected chi connectivity index (χ1v) is 7.77. The van der Waals surface area contributed by atoms with E-state index < -0.39 is 0 Å². The molecule has 0 aliphatic carbocycles. The molecule has 0 radical (unpaired) electrons. The predicted octanol–water partition coefficient (Wildman–Crippen LogP) is 4.21. The van der Waals surface area contributed by atoms with Gasteiger partial charge in [0.1, 0.15) is 0 Å². The number of carbonyl (C=O) groups excluding carboxylic acids is 1. The smallest absolute Gasteiger partial charge is 0.248 e. The lowest BCUT2D eigenvalue weighted by Gasteiger charge is -2.00. The molecule has 0 atom stereocenters. The summed E-state index contributed by atoms with van der Waals surface area (Å²) in [6.07, 6.45) is 5.78. The zero-order valence-corrected chi connectivity index (χ0v) is 13.1. The molecule has 24 heavy (non-hydrogen) atoms. The van der Waals surface area contributed by atoms with Gasteiger partial charge in [0.25, 0.3) is 0 Å². The lowest BCUT2D eigenvalue weighted by molar-refractivity contribution is -0.111. The minimum atomic E-state index is -0.171. The van der Waals surface area contributed by atoms with E-state index in [4.69, 9.17) is 5.26 Å². The Morgan fingerprint density at radius 3 is 2.67 bits per heavy atom. The standard InChI is InChI=1S/C20H17N3O/c21-13-6-14-23-15-16(18-9-4-5-10-19(18)23)11-12-20(24)22-17-7-2-1-3-8-17/h1-5,7-12,15H,6,14H2,(H,22,24)/b12-11+. The SMILES string of the molecule is N#CCCn1cc(/C=C/C(=O)Nc2ccccc2)c2ccccc21. The van der Waals surface area contributed by atoms with E-state index in [1.807, 2.05) is 71.4 Å². The predicted molar refractivity (Wildman–Crippen MR) is 96.3 cm³/mol. The van der Waals surface area contributed by atoms with Crippen LogP contribution in [0.5, 0.6) is 0 Å². The third-order valence-electron chi connectivity index (χ3n) is 3.74. The van der Waals surface area contributed by atoms with E-state index in [1.165, 1.54) is 6.08 Å². The van der Waals surface area contributed by atoms with Gasteiger partial charge in [0.2, 0.25) is 5.91 Å². The first-order valence-electron chi connectivity index (χ1n) is 7.77. The Bertz CT molecular complexity index is 917. The number of aryl methyl sites for hydroxylation is 1. The minimum absolute atomic E-state index is 0.171. The van der Waals surface area contributed by atoms with E-state index in [-0.39, 0.29) is 5.91 Å². The molecule has 0 saturated carbocycles. The average molecular weight is 315 g/mol. The molecule has 1 N–H and O–H groups in total. The highest BCUT2D eigenvalue weighted by molar-refractivity contribution is 6.03. The lowest BCUT2D eigenvalue weighted by Crippen LogP contribution is -2.07. The number of fused-ring (bicyclic) bond motifs is 1. The topological polar surface area (TPSA) is 57.8 Å². The molecule has 0 saturated heterocycles. The van der Waals surface area contributed by atoms with E-state index in [2.05, 4.69) is 11.4 Å². The zero-order chi connectivity index (χ0) is 16.8. The number of hydrogen-bond donors (Lipinski definition) is 1. The molecule has 2 aromatic carbocycles. The number of hydrogen-bond acceptors (Lipinski definition) is 2. The third-order valence-corrected chi connectivity index (χ3v) is 3.74. The molecule has 3 rings (SSSR count). The van der Waals surface area contributed by atoms with Crippen LogP contribution in [0.2, 0.25) is 0 Å². The number of benzene rings is 2. The van der Waals surface area contributed by atoms with Crippen molar-refractivity contribution < 1.29 is 4.79 Å². The highest BCUT2D eigenvalue weighted by Gasteiger charge is 2.06. The molecular weight excluding hydrogens is 298 g/mol. The molecule has 0 bridgehead atoms. The van der Waals surface area contributed by atoms with Crippen molar-refractivity contribution in [3.05, 3.63) is 72.4 Å². The van der Waals surface area contributed by atoms with Crippen LogP contribution in [-0.2, 0) is 11.3 Å². The fraction of sp³-hybridized carbons (Fsp3) is 0.100. The summed E-state index contributed by atoms with van der Waals surface area (Å²) in [7, 11) is 0. The fourth-order valence-electron chi connectivity index (χ4n) is 2.63. The first-order chi connectivity index (χ1) is 11.8. The van der Waals surface area contributed by atoms with E-state index in [0.717, 1.165) is 22.2 Å². The summed E-state index contributed by atoms with van der Waals surface area (Å²) in [5, 5.41) is 12.7. The van der Waals surface area contributed by atoms with Crippen molar-refractivity contribution in [3.8, 4) is 6.07 Å². The number of rotatable bonds is 5. The molecule has 0 unspecified atom stereocenters. The summed E-state index contributed by atoms with van der Waals surface area (Å²) in [5.41, 5.74) is 2.80. The number of nitriles is 1. The molecule has 0 spiro atoms. The second-order valence-corrected chi connectivity index (χ2v) is 5.39. The van der Waals surface area contributed by atoms with Crippen molar-refractivity contribution in [1.82, 2.24) is 4.57 Å². The third kappa shape index (κ3) is 3.53. The monoisotopic (exact) mass is 315 g/mol. The number of anilines is 1. The summed E-state index contributed by atoms with van der Waals surface area (Å²) in [4.78, 5) is 12.1. The highest BCUT2D eigenvalue weighted by Crippen LogP contribution is 2.22. The van der Waals surface area contributed by atoms with Crippen molar-refractivity contribution in [1.29, 1.82) is 5.26 Å². The number of aromatic nitrogens is 1. The van der Waals surface area contributed by atoms with Crippen LogP contribution in [0.4, 0.5) is 5.69 Å². The Balaban J connectivity index is 1.81. The Morgan fingerprint density at radius 1 is 1.12 bits per heavy atom. The maximum atomic E-state index is 12.1. The molecule has 4 heteroatoms. The first kappa shape index (κ1) is 15.6. The summed E-state index contributed by atoms with van der Waals surface area (Å²) >= 11 is 0. The van der Waals surface area contributed by atoms with Crippen LogP contribution in [0.25, 0.3) is 17.0 Å². The second kappa shape index (κ2) is 7.30. The molecule has 118 valence electrons. The number of nitrogens with zero attached hydrogens (tertiary/aromatic N) is 2. The molecule has 0 aliphatic heterocycles. The summed E-state index contributed by atoms with van der Waals surface area (Å²) in [5.74, 6) is -0.171. The van der Waals surface area contributed by atoms with E-state index in [0.29, 0.717) is 13.0 Å². The Labute approximate surface area is 140 Å². The second-order valence-electron chi connectivity index (χ2n) is 5.39. The molecule has 0 fully saturated rings. The quantitative estimate of drug-likeness (QED) is 0.717. The van der Waals surface area contributed by atoms with Crippen molar-refractivity contribution in [2.24, 2.45) is 0 Å². The van der Waals surface area contributed by atoms with Gasteiger partial charge >= 0.3 is 0 Å². The average Bonchev–Trinajstić information content (AvgIpc) is 2.97. The molecular formula is C20H17N3O. The van der Waals surface area contributed by atoms with Gasteiger partial charge in [-0.25, -0.2) is 0 Å². The number of nitrogens with one attached hydrogen (secondary N) is 1. The molecule has 4 nitrogen and oxygen atoms in total. The van der Waals surface area contributed by atoms with Crippen molar-refractivity contribution in [3.63, 3.8) is 0 Å². The van der Waals surface area contributed by atoms with E-state index in [9.17, 15) is 4.79 Å². The van der Waals surface area contributed by atoms with Crippen LogP contribution in [0, 0.1) is 11.3 Å². The number of para-hydroxylation sites is 2. The van der Waals surface area contributed by atoms with Crippen LogP contribution < -0.4 is 5.32 Å². The van der Waals surface area contributed by atoms with Crippen LogP contribution >= 0.6 is 0 Å². The molecule has 1 heterocycles. The maximum absolute atomic E-state index is 12.1. The normalized spacial score (nSPS) is 10.8. The number of carbonyl (C=O) groups is 1. The van der Waals surface area contributed by atoms with Gasteiger partial charge in [-0.2, -0.15) is 5.26 Å². The van der Waals surface area contributed by atoms with Gasteiger partial charge in [0.05, 0.1) is 12.5 Å². The highest BCUT2D eigenvalue weighted by atomic mass is 16.1. The fourth-order valence-corrected chi connectivity index (χ4v) is 2.63. The van der Waals surface area contributed by atoms with E-state index in [1.54, 1.807) is 0 Å². The van der Waals surface area contributed by atoms with Crippen LogP contribution in [0.3, 0.4) is 0 Å². The number of amides is 1.